The fourth-order valence-corrected chi connectivity index (χ4v) is 3.36. The largest absolute Gasteiger partial charge is 0.492 e. The monoisotopic (exact) mass is 306 g/mol. The van der Waals surface area contributed by atoms with E-state index in [9.17, 15) is 0 Å². The number of fused-ring (bicyclic) bond motifs is 1. The first-order chi connectivity index (χ1) is 11.3. The van der Waals surface area contributed by atoms with Gasteiger partial charge in [-0.15, -0.1) is 0 Å². The Bertz CT molecular complexity index is 798. The van der Waals surface area contributed by atoms with E-state index >= 15 is 0 Å². The van der Waals surface area contributed by atoms with Crippen LogP contribution in [-0.2, 0) is 0 Å². The van der Waals surface area contributed by atoms with E-state index in [1.807, 2.05) is 0 Å². The van der Waals surface area contributed by atoms with E-state index in [1.165, 1.54) is 35.0 Å². The Morgan fingerprint density at radius 1 is 1.13 bits per heavy atom. The SMILES string of the molecule is Cc1cn(-c2ccc(OC[C@H]3CCCN3)cc2)c2ccccc12. The van der Waals surface area contributed by atoms with E-state index in [1.54, 1.807) is 0 Å². The molecule has 0 bridgehead atoms. The average molecular weight is 306 g/mol. The molecule has 1 fully saturated rings. The highest BCUT2D eigenvalue weighted by Gasteiger charge is 2.14. The lowest BCUT2D eigenvalue weighted by Crippen LogP contribution is -2.28. The van der Waals surface area contributed by atoms with E-state index in [-0.39, 0.29) is 0 Å². The van der Waals surface area contributed by atoms with Crippen molar-refractivity contribution in [3.8, 4) is 11.4 Å². The standard InChI is InChI=1S/C20H22N2O/c1-15-13-22(20-7-3-2-6-19(15)20)17-8-10-18(11-9-17)23-14-16-5-4-12-21-16/h2-3,6-11,13,16,21H,4-5,12,14H2,1H3/t16-/m1/s1. The molecule has 1 saturated heterocycles. The molecule has 0 radical (unpaired) electrons. The fourth-order valence-electron chi connectivity index (χ4n) is 3.36. The third-order valence-corrected chi connectivity index (χ3v) is 4.64. The van der Waals surface area contributed by atoms with Crippen LogP contribution < -0.4 is 10.1 Å². The lowest BCUT2D eigenvalue weighted by atomic mass is 10.2. The molecule has 0 amide bonds. The molecule has 0 aliphatic carbocycles. The fraction of sp³-hybridized carbons (Fsp3) is 0.300. The summed E-state index contributed by atoms with van der Waals surface area (Å²) in [5.74, 6) is 0.940. The summed E-state index contributed by atoms with van der Waals surface area (Å²) in [4.78, 5) is 0. The number of nitrogens with one attached hydrogen (secondary N) is 1. The summed E-state index contributed by atoms with van der Waals surface area (Å²) in [6.07, 6.45) is 4.67. The Kier molecular flexibility index (Phi) is 3.80. The van der Waals surface area contributed by atoms with Gasteiger partial charge in [-0.1, -0.05) is 18.2 Å². The van der Waals surface area contributed by atoms with Crippen LogP contribution in [0.15, 0.2) is 54.7 Å². The van der Waals surface area contributed by atoms with Gasteiger partial charge in [0.05, 0.1) is 5.52 Å². The molecule has 1 aliphatic rings. The van der Waals surface area contributed by atoms with E-state index in [0.29, 0.717) is 6.04 Å². The van der Waals surface area contributed by atoms with Crippen LogP contribution in [0.25, 0.3) is 16.6 Å². The van der Waals surface area contributed by atoms with E-state index in [0.717, 1.165) is 18.9 Å². The lowest BCUT2D eigenvalue weighted by Gasteiger charge is -2.13. The third kappa shape index (κ3) is 2.84. The van der Waals surface area contributed by atoms with Crippen molar-refractivity contribution in [2.75, 3.05) is 13.2 Å². The van der Waals surface area contributed by atoms with Gasteiger partial charge in [0.25, 0.3) is 0 Å². The van der Waals surface area contributed by atoms with Crippen molar-refractivity contribution >= 4 is 10.9 Å². The molecule has 0 saturated carbocycles. The maximum Gasteiger partial charge on any atom is 0.119 e. The van der Waals surface area contributed by atoms with Crippen molar-refractivity contribution in [1.82, 2.24) is 9.88 Å². The first-order valence-electron chi connectivity index (χ1n) is 8.34. The molecule has 1 aromatic heterocycles. The van der Waals surface area contributed by atoms with Gasteiger partial charge in [-0.25, -0.2) is 0 Å². The Hall–Kier alpha value is -2.26. The number of rotatable bonds is 4. The maximum absolute atomic E-state index is 5.90. The molecule has 23 heavy (non-hydrogen) atoms. The van der Waals surface area contributed by atoms with Gasteiger partial charge >= 0.3 is 0 Å². The number of hydrogen-bond donors (Lipinski definition) is 1. The van der Waals surface area contributed by atoms with Crippen molar-refractivity contribution in [3.63, 3.8) is 0 Å². The van der Waals surface area contributed by atoms with E-state index in [4.69, 9.17) is 4.74 Å². The van der Waals surface area contributed by atoms with Crippen molar-refractivity contribution < 1.29 is 4.74 Å². The van der Waals surface area contributed by atoms with Gasteiger partial charge < -0.3 is 14.6 Å². The Balaban J connectivity index is 1.55. The van der Waals surface area contributed by atoms with Crippen LogP contribution in [0.1, 0.15) is 18.4 Å². The molecule has 3 nitrogen and oxygen atoms in total. The first kappa shape index (κ1) is 14.3. The van der Waals surface area contributed by atoms with Crippen LogP contribution in [-0.4, -0.2) is 23.8 Å². The minimum atomic E-state index is 0.505. The van der Waals surface area contributed by atoms with Crippen molar-refractivity contribution in [1.29, 1.82) is 0 Å². The minimum absolute atomic E-state index is 0.505. The number of nitrogens with zero attached hydrogens (tertiary/aromatic N) is 1. The van der Waals surface area contributed by atoms with Crippen LogP contribution in [0.5, 0.6) is 5.75 Å². The van der Waals surface area contributed by atoms with Gasteiger partial charge in [0, 0.05) is 23.3 Å². The molecule has 2 aromatic carbocycles. The summed E-state index contributed by atoms with van der Waals surface area (Å²) in [7, 11) is 0. The zero-order valence-corrected chi connectivity index (χ0v) is 13.5. The van der Waals surface area contributed by atoms with Crippen LogP contribution in [0.3, 0.4) is 0 Å². The number of para-hydroxylation sites is 1. The van der Waals surface area contributed by atoms with Gasteiger partial charge in [-0.05, 0) is 62.2 Å². The zero-order valence-electron chi connectivity index (χ0n) is 13.5. The number of ether oxygens (including phenoxy) is 1. The molecule has 2 heterocycles. The van der Waals surface area contributed by atoms with Crippen molar-refractivity contribution in [3.05, 3.63) is 60.3 Å². The minimum Gasteiger partial charge on any atom is -0.492 e. The highest BCUT2D eigenvalue weighted by atomic mass is 16.5. The normalized spacial score (nSPS) is 17.7. The van der Waals surface area contributed by atoms with Crippen LogP contribution in [0.2, 0.25) is 0 Å². The summed E-state index contributed by atoms with van der Waals surface area (Å²) in [5, 5.41) is 4.76. The molecule has 1 aliphatic heterocycles. The van der Waals surface area contributed by atoms with Gasteiger partial charge in [-0.2, -0.15) is 0 Å². The molecule has 1 atom stereocenters. The Morgan fingerprint density at radius 3 is 2.74 bits per heavy atom. The first-order valence-corrected chi connectivity index (χ1v) is 8.34. The second-order valence-electron chi connectivity index (χ2n) is 6.30. The number of hydrogen-bond acceptors (Lipinski definition) is 2. The number of benzene rings is 2. The second kappa shape index (κ2) is 6.09. The van der Waals surface area contributed by atoms with Crippen LogP contribution >= 0.6 is 0 Å². The molecule has 118 valence electrons. The van der Waals surface area contributed by atoms with Gasteiger partial charge in [-0.3, -0.25) is 0 Å². The Morgan fingerprint density at radius 2 is 1.96 bits per heavy atom. The zero-order chi connectivity index (χ0) is 15.6. The predicted molar refractivity (Wildman–Crippen MR) is 94.5 cm³/mol. The summed E-state index contributed by atoms with van der Waals surface area (Å²) in [6.45, 7) is 4.03. The third-order valence-electron chi connectivity index (χ3n) is 4.64. The summed E-state index contributed by atoms with van der Waals surface area (Å²) >= 11 is 0. The quantitative estimate of drug-likeness (QED) is 0.786. The van der Waals surface area contributed by atoms with Crippen molar-refractivity contribution in [2.24, 2.45) is 0 Å². The highest BCUT2D eigenvalue weighted by Crippen LogP contribution is 2.25. The summed E-state index contributed by atoms with van der Waals surface area (Å²) in [5.41, 5.74) is 3.71. The molecular weight excluding hydrogens is 284 g/mol. The molecule has 3 heteroatoms. The summed E-state index contributed by atoms with van der Waals surface area (Å²) < 4.78 is 8.14. The topological polar surface area (TPSA) is 26.2 Å². The van der Waals surface area contributed by atoms with Gasteiger partial charge in [0.1, 0.15) is 12.4 Å². The van der Waals surface area contributed by atoms with Crippen molar-refractivity contribution in [2.45, 2.75) is 25.8 Å². The lowest BCUT2D eigenvalue weighted by molar-refractivity contribution is 0.277. The molecule has 0 unspecified atom stereocenters. The maximum atomic E-state index is 5.90. The number of aromatic nitrogens is 1. The van der Waals surface area contributed by atoms with E-state index < -0.39 is 0 Å². The Labute approximate surface area is 136 Å². The smallest absolute Gasteiger partial charge is 0.119 e. The molecule has 1 N–H and O–H groups in total. The summed E-state index contributed by atoms with van der Waals surface area (Å²) in [6, 6.07) is 17.4. The molecule has 4 rings (SSSR count). The van der Waals surface area contributed by atoms with Gasteiger partial charge in [0.15, 0.2) is 0 Å². The van der Waals surface area contributed by atoms with Gasteiger partial charge in [0.2, 0.25) is 0 Å². The molecule has 3 aromatic rings. The average Bonchev–Trinajstić information content (AvgIpc) is 3.22. The highest BCUT2D eigenvalue weighted by molar-refractivity contribution is 5.85. The molecule has 0 spiro atoms. The van der Waals surface area contributed by atoms with E-state index in [2.05, 4.69) is 71.5 Å². The second-order valence-corrected chi connectivity index (χ2v) is 6.30. The predicted octanol–water partition coefficient (Wildman–Crippen LogP) is 4.07. The molecular formula is C20H22N2O. The van der Waals surface area contributed by atoms with Crippen LogP contribution in [0.4, 0.5) is 0 Å². The van der Waals surface area contributed by atoms with Crippen LogP contribution in [0, 0.1) is 6.92 Å². The number of aryl methyl sites for hydroxylation is 1.